The Balaban J connectivity index is 1.45. The van der Waals surface area contributed by atoms with E-state index in [-0.39, 0.29) is 5.91 Å². The first-order valence-electron chi connectivity index (χ1n) is 6.38. The van der Waals surface area contributed by atoms with E-state index in [0.29, 0.717) is 18.3 Å². The van der Waals surface area contributed by atoms with Gasteiger partial charge in [-0.2, -0.15) is 0 Å². The van der Waals surface area contributed by atoms with Gasteiger partial charge in [-0.05, 0) is 36.6 Å². The summed E-state index contributed by atoms with van der Waals surface area (Å²) in [6.45, 7) is 2.80. The van der Waals surface area contributed by atoms with Gasteiger partial charge in [0.25, 0.3) is 0 Å². The molecule has 3 nitrogen and oxygen atoms in total. The standard InChI is InChI=1S/C14H18N2O/c17-14(5-10-7-15-8-10)16-9-12-6-11-3-1-2-4-13(11)12/h1-4,10,12,15H,5-9H2,(H,16,17). The molecule has 0 aromatic heterocycles. The van der Waals surface area contributed by atoms with Gasteiger partial charge in [0.1, 0.15) is 0 Å². The fraction of sp³-hybridized carbons (Fsp3) is 0.500. The number of hydrogen-bond donors (Lipinski definition) is 2. The lowest BCUT2D eigenvalue weighted by atomic mass is 9.77. The molecule has 17 heavy (non-hydrogen) atoms. The van der Waals surface area contributed by atoms with Gasteiger partial charge in [0, 0.05) is 18.9 Å². The first kappa shape index (κ1) is 10.8. The number of amides is 1. The molecule has 1 heterocycles. The molecule has 2 N–H and O–H groups in total. The second-order valence-corrected chi connectivity index (χ2v) is 5.13. The zero-order valence-corrected chi connectivity index (χ0v) is 9.91. The van der Waals surface area contributed by atoms with Crippen LogP contribution in [-0.2, 0) is 11.2 Å². The zero-order chi connectivity index (χ0) is 11.7. The first-order chi connectivity index (χ1) is 8.33. The van der Waals surface area contributed by atoms with Crippen molar-refractivity contribution < 1.29 is 4.79 Å². The van der Waals surface area contributed by atoms with E-state index in [2.05, 4.69) is 34.9 Å². The summed E-state index contributed by atoms with van der Waals surface area (Å²) < 4.78 is 0. The molecule has 1 unspecified atom stereocenters. The molecule has 1 saturated heterocycles. The van der Waals surface area contributed by atoms with Crippen molar-refractivity contribution in [1.29, 1.82) is 0 Å². The highest BCUT2D eigenvalue weighted by molar-refractivity contribution is 5.76. The van der Waals surface area contributed by atoms with E-state index in [0.717, 1.165) is 26.1 Å². The fourth-order valence-corrected chi connectivity index (χ4v) is 2.61. The summed E-state index contributed by atoms with van der Waals surface area (Å²) in [6, 6.07) is 8.50. The predicted molar refractivity (Wildman–Crippen MR) is 66.9 cm³/mol. The number of fused-ring (bicyclic) bond motifs is 1. The Morgan fingerprint density at radius 2 is 2.18 bits per heavy atom. The molecule has 0 bridgehead atoms. The third-order valence-electron chi connectivity index (χ3n) is 3.85. The maximum absolute atomic E-state index is 11.7. The highest BCUT2D eigenvalue weighted by Crippen LogP contribution is 2.33. The van der Waals surface area contributed by atoms with Crippen molar-refractivity contribution in [2.24, 2.45) is 5.92 Å². The van der Waals surface area contributed by atoms with Gasteiger partial charge in [-0.3, -0.25) is 4.79 Å². The summed E-state index contributed by atoms with van der Waals surface area (Å²) in [5.41, 5.74) is 2.85. The Hall–Kier alpha value is -1.35. The normalized spacial score (nSPS) is 22.2. The number of carbonyl (C=O) groups excluding carboxylic acids is 1. The minimum Gasteiger partial charge on any atom is -0.355 e. The number of hydrogen-bond acceptors (Lipinski definition) is 2. The van der Waals surface area contributed by atoms with Crippen LogP contribution in [0, 0.1) is 5.92 Å². The van der Waals surface area contributed by atoms with Crippen molar-refractivity contribution >= 4 is 5.91 Å². The van der Waals surface area contributed by atoms with Crippen LogP contribution < -0.4 is 10.6 Å². The lowest BCUT2D eigenvalue weighted by Crippen LogP contribution is -2.45. The van der Waals surface area contributed by atoms with Crippen molar-refractivity contribution in [1.82, 2.24) is 10.6 Å². The van der Waals surface area contributed by atoms with E-state index in [1.54, 1.807) is 0 Å². The minimum absolute atomic E-state index is 0.209. The van der Waals surface area contributed by atoms with Crippen LogP contribution in [0.2, 0.25) is 0 Å². The van der Waals surface area contributed by atoms with Crippen LogP contribution in [0.15, 0.2) is 24.3 Å². The van der Waals surface area contributed by atoms with Crippen molar-refractivity contribution in [2.45, 2.75) is 18.8 Å². The molecule has 1 aliphatic heterocycles. The first-order valence-corrected chi connectivity index (χ1v) is 6.38. The average Bonchev–Trinajstić information content (AvgIpc) is 2.25. The molecule has 0 spiro atoms. The van der Waals surface area contributed by atoms with E-state index in [1.165, 1.54) is 11.1 Å². The zero-order valence-electron chi connectivity index (χ0n) is 9.91. The van der Waals surface area contributed by atoms with Crippen LogP contribution in [-0.4, -0.2) is 25.5 Å². The van der Waals surface area contributed by atoms with E-state index in [9.17, 15) is 4.79 Å². The SMILES string of the molecule is O=C(CC1CNC1)NCC1Cc2ccccc21. The van der Waals surface area contributed by atoms with Gasteiger partial charge >= 0.3 is 0 Å². The van der Waals surface area contributed by atoms with Crippen LogP contribution in [0.25, 0.3) is 0 Å². The Kier molecular flexibility index (Phi) is 2.85. The number of nitrogens with one attached hydrogen (secondary N) is 2. The molecule has 0 radical (unpaired) electrons. The molecule has 1 atom stereocenters. The van der Waals surface area contributed by atoms with Crippen LogP contribution in [0.4, 0.5) is 0 Å². The largest absolute Gasteiger partial charge is 0.355 e. The van der Waals surface area contributed by atoms with Crippen LogP contribution in [0.1, 0.15) is 23.5 Å². The van der Waals surface area contributed by atoms with E-state index < -0.39 is 0 Å². The van der Waals surface area contributed by atoms with Crippen molar-refractivity contribution in [3.63, 3.8) is 0 Å². The number of benzene rings is 1. The van der Waals surface area contributed by atoms with Crippen molar-refractivity contribution in [3.8, 4) is 0 Å². The van der Waals surface area contributed by atoms with Gasteiger partial charge < -0.3 is 10.6 Å². The van der Waals surface area contributed by atoms with Crippen LogP contribution in [0.5, 0.6) is 0 Å². The molecular weight excluding hydrogens is 212 g/mol. The fourth-order valence-electron chi connectivity index (χ4n) is 2.61. The molecular formula is C14H18N2O. The summed E-state index contributed by atoms with van der Waals surface area (Å²) >= 11 is 0. The maximum atomic E-state index is 11.7. The molecule has 1 aliphatic carbocycles. The molecule has 2 aliphatic rings. The van der Waals surface area contributed by atoms with E-state index >= 15 is 0 Å². The summed E-state index contributed by atoms with van der Waals surface area (Å²) in [6.07, 6.45) is 1.79. The van der Waals surface area contributed by atoms with Crippen LogP contribution >= 0.6 is 0 Å². The monoisotopic (exact) mass is 230 g/mol. The van der Waals surface area contributed by atoms with Gasteiger partial charge in [0.05, 0.1) is 0 Å². The maximum Gasteiger partial charge on any atom is 0.220 e. The van der Waals surface area contributed by atoms with Crippen LogP contribution in [0.3, 0.4) is 0 Å². The summed E-state index contributed by atoms with van der Waals surface area (Å²) in [7, 11) is 0. The average molecular weight is 230 g/mol. The van der Waals surface area contributed by atoms with E-state index in [1.807, 2.05) is 0 Å². The highest BCUT2D eigenvalue weighted by atomic mass is 16.1. The Morgan fingerprint density at radius 1 is 1.35 bits per heavy atom. The predicted octanol–water partition coefficient (Wildman–Crippen LogP) is 1.05. The van der Waals surface area contributed by atoms with Crippen molar-refractivity contribution in [3.05, 3.63) is 35.4 Å². The Morgan fingerprint density at radius 3 is 2.88 bits per heavy atom. The minimum atomic E-state index is 0.209. The topological polar surface area (TPSA) is 41.1 Å². The second kappa shape index (κ2) is 4.49. The summed E-state index contributed by atoms with van der Waals surface area (Å²) in [5, 5.41) is 6.24. The number of carbonyl (C=O) groups is 1. The van der Waals surface area contributed by atoms with Gasteiger partial charge in [0.15, 0.2) is 0 Å². The summed E-state index contributed by atoms with van der Waals surface area (Å²) in [5.74, 6) is 1.30. The van der Waals surface area contributed by atoms with Gasteiger partial charge in [-0.15, -0.1) is 0 Å². The lowest BCUT2D eigenvalue weighted by molar-refractivity contribution is -0.122. The second-order valence-electron chi connectivity index (χ2n) is 5.13. The van der Waals surface area contributed by atoms with Crippen molar-refractivity contribution in [2.75, 3.05) is 19.6 Å². The van der Waals surface area contributed by atoms with Gasteiger partial charge in [0.2, 0.25) is 5.91 Å². The molecule has 90 valence electrons. The quantitative estimate of drug-likeness (QED) is 0.812. The van der Waals surface area contributed by atoms with Gasteiger partial charge in [-0.25, -0.2) is 0 Å². The smallest absolute Gasteiger partial charge is 0.220 e. The molecule has 3 heteroatoms. The van der Waals surface area contributed by atoms with E-state index in [4.69, 9.17) is 0 Å². The lowest BCUT2D eigenvalue weighted by Gasteiger charge is -2.31. The molecule has 1 fully saturated rings. The summed E-state index contributed by atoms with van der Waals surface area (Å²) in [4.78, 5) is 11.7. The Bertz CT molecular complexity index is 426. The highest BCUT2D eigenvalue weighted by Gasteiger charge is 2.26. The number of rotatable bonds is 4. The molecule has 1 aromatic rings. The molecule has 1 aromatic carbocycles. The third kappa shape index (κ3) is 2.20. The Labute approximate surface area is 102 Å². The molecule has 3 rings (SSSR count). The molecule has 1 amide bonds. The molecule has 0 saturated carbocycles. The van der Waals surface area contributed by atoms with Gasteiger partial charge in [-0.1, -0.05) is 24.3 Å². The third-order valence-corrected chi connectivity index (χ3v) is 3.85.